The van der Waals surface area contributed by atoms with Crippen molar-refractivity contribution < 1.29 is 0 Å². The van der Waals surface area contributed by atoms with Crippen molar-refractivity contribution in [1.29, 1.82) is 0 Å². The fourth-order valence-corrected chi connectivity index (χ4v) is 13.0. The molecule has 0 saturated carbocycles. The van der Waals surface area contributed by atoms with Gasteiger partial charge in [-0.3, -0.25) is 0 Å². The van der Waals surface area contributed by atoms with Crippen molar-refractivity contribution in [2.24, 2.45) is 0 Å². The topological polar surface area (TPSA) is 0 Å². The van der Waals surface area contributed by atoms with Crippen molar-refractivity contribution in [2.45, 2.75) is 77.4 Å². The number of hydrogen-bond acceptors (Lipinski definition) is 0. The van der Waals surface area contributed by atoms with Crippen molar-refractivity contribution in [3.05, 3.63) is 0 Å². The van der Waals surface area contributed by atoms with E-state index in [1.807, 2.05) is 0 Å². The lowest BCUT2D eigenvalue weighted by molar-refractivity contribution is 0.871. The predicted molar refractivity (Wildman–Crippen MR) is 76.4 cm³/mol. The molecule has 0 aromatic rings. The lowest BCUT2D eigenvalue weighted by Crippen LogP contribution is -2.29. The summed E-state index contributed by atoms with van der Waals surface area (Å²) in [7, 11) is 2.83. The molecule has 0 aromatic carbocycles. The summed E-state index contributed by atoms with van der Waals surface area (Å²) in [6, 6.07) is 4.72. The molecule has 0 spiro atoms. The molecule has 0 aliphatic rings. The molecular formula is C12H27Si3. The van der Waals surface area contributed by atoms with E-state index in [0.717, 1.165) is 0 Å². The maximum absolute atomic E-state index is 2.34. The van der Waals surface area contributed by atoms with Crippen LogP contribution in [0.5, 0.6) is 0 Å². The molecule has 0 nitrogen and oxygen atoms in total. The molecule has 0 amide bonds. The molecule has 5 radical (unpaired) electrons. The second-order valence-electron chi connectivity index (χ2n) is 4.14. The van der Waals surface area contributed by atoms with E-state index in [4.69, 9.17) is 0 Å². The fraction of sp³-hybridized carbons (Fsp3) is 1.00. The highest BCUT2D eigenvalue weighted by molar-refractivity contribution is 7.39. The van der Waals surface area contributed by atoms with E-state index < -0.39 is 0 Å². The van der Waals surface area contributed by atoms with Gasteiger partial charge < -0.3 is 0 Å². The Labute approximate surface area is 103 Å². The largest absolute Gasteiger partial charge is 0.0654 e. The average Bonchev–Trinajstić information content (AvgIpc) is 2.25. The van der Waals surface area contributed by atoms with E-state index >= 15 is 0 Å². The highest BCUT2D eigenvalue weighted by atomic mass is 29.6. The molecule has 0 unspecified atom stereocenters. The predicted octanol–water partition coefficient (Wildman–Crippen LogP) is 4.12. The molecule has 0 saturated heterocycles. The minimum atomic E-state index is 0.103. The van der Waals surface area contributed by atoms with Gasteiger partial charge in [0.25, 0.3) is 0 Å². The minimum absolute atomic E-state index is 0.103. The van der Waals surface area contributed by atoms with Crippen LogP contribution in [-0.4, -0.2) is 25.9 Å². The molecule has 0 bridgehead atoms. The van der Waals surface area contributed by atoms with Gasteiger partial charge in [-0.1, -0.05) is 77.4 Å². The second kappa shape index (κ2) is 12.7. The van der Waals surface area contributed by atoms with Crippen LogP contribution in [0.4, 0.5) is 0 Å². The third kappa shape index (κ3) is 10.9. The molecule has 0 atom stereocenters. The Morgan fingerprint density at radius 3 is 1.60 bits per heavy atom. The molecule has 3 heteroatoms. The zero-order valence-electron chi connectivity index (χ0n) is 10.9. The molecule has 0 aliphatic carbocycles. The van der Waals surface area contributed by atoms with Crippen LogP contribution >= 0.6 is 0 Å². The Morgan fingerprint density at radius 1 is 0.733 bits per heavy atom. The van der Waals surface area contributed by atoms with Crippen molar-refractivity contribution in [3.8, 4) is 0 Å². The van der Waals surface area contributed by atoms with Crippen LogP contribution in [0.25, 0.3) is 0 Å². The van der Waals surface area contributed by atoms with E-state index in [1.54, 1.807) is 18.1 Å². The Bertz CT molecular complexity index is 107. The van der Waals surface area contributed by atoms with E-state index in [2.05, 4.69) is 20.8 Å². The maximum Gasteiger partial charge on any atom is 0.0222 e. The van der Waals surface area contributed by atoms with E-state index in [-0.39, 0.29) is 7.83 Å². The van der Waals surface area contributed by atoms with Crippen LogP contribution in [-0.2, 0) is 0 Å². The highest BCUT2D eigenvalue weighted by Gasteiger charge is 2.10. The standard InChI is InChI=1S/C12H27Si3/c1-4-7-10-13-15(12-9-6-3)14-11-8-5-2/h4-12H2,1-3H3. The van der Waals surface area contributed by atoms with Crippen LogP contribution in [0.2, 0.25) is 18.1 Å². The smallest absolute Gasteiger partial charge is 0.0222 e. The quantitative estimate of drug-likeness (QED) is 0.385. The summed E-state index contributed by atoms with van der Waals surface area (Å²) in [5, 5.41) is 0. The van der Waals surface area contributed by atoms with Crippen LogP contribution in [0.1, 0.15) is 59.3 Å². The summed E-state index contributed by atoms with van der Waals surface area (Å²) >= 11 is 0. The van der Waals surface area contributed by atoms with Gasteiger partial charge in [-0.15, -0.1) is 0 Å². The summed E-state index contributed by atoms with van der Waals surface area (Å²) in [4.78, 5) is 0. The summed E-state index contributed by atoms with van der Waals surface area (Å²) in [5.74, 6) is 0. The van der Waals surface area contributed by atoms with Gasteiger partial charge in [-0.2, -0.15) is 0 Å². The van der Waals surface area contributed by atoms with E-state index in [0.29, 0.717) is 0 Å². The van der Waals surface area contributed by atoms with Crippen molar-refractivity contribution >= 4 is 25.9 Å². The van der Waals surface area contributed by atoms with Crippen molar-refractivity contribution in [3.63, 3.8) is 0 Å². The summed E-state index contributed by atoms with van der Waals surface area (Å²) in [6.07, 6.45) is 8.67. The van der Waals surface area contributed by atoms with Crippen molar-refractivity contribution in [2.75, 3.05) is 0 Å². The van der Waals surface area contributed by atoms with Gasteiger partial charge >= 0.3 is 0 Å². The lowest BCUT2D eigenvalue weighted by Gasteiger charge is -2.12. The lowest BCUT2D eigenvalue weighted by atomic mass is 10.4. The summed E-state index contributed by atoms with van der Waals surface area (Å²) < 4.78 is 0. The molecule has 0 aliphatic heterocycles. The van der Waals surface area contributed by atoms with Crippen LogP contribution < -0.4 is 0 Å². The number of unbranched alkanes of at least 4 members (excludes halogenated alkanes) is 3. The van der Waals surface area contributed by atoms with Crippen LogP contribution in [0, 0.1) is 0 Å². The molecular weight excluding hydrogens is 228 g/mol. The summed E-state index contributed by atoms with van der Waals surface area (Å²) in [6.45, 7) is 6.98. The SMILES string of the molecule is CCCC[Si][Si](CCCC)[Si]CCCC. The third-order valence-corrected chi connectivity index (χ3v) is 14.2. The second-order valence-corrected chi connectivity index (χ2v) is 14.5. The molecule has 15 heavy (non-hydrogen) atoms. The van der Waals surface area contributed by atoms with Gasteiger partial charge in [0.1, 0.15) is 0 Å². The first-order valence-corrected chi connectivity index (χ1v) is 12.8. The number of rotatable bonds is 11. The van der Waals surface area contributed by atoms with Gasteiger partial charge in [0.05, 0.1) is 0 Å². The normalized spacial score (nSPS) is 11.2. The first-order chi connectivity index (χ1) is 7.35. The minimum Gasteiger partial charge on any atom is -0.0654 e. The molecule has 0 N–H and O–H groups in total. The zero-order chi connectivity index (χ0) is 11.4. The first-order valence-electron chi connectivity index (χ1n) is 6.68. The maximum atomic E-state index is 2.34. The fourth-order valence-electron chi connectivity index (χ4n) is 1.42. The molecule has 0 rings (SSSR count). The Kier molecular flexibility index (Phi) is 13.3. The van der Waals surface area contributed by atoms with Crippen LogP contribution in [0.3, 0.4) is 0 Å². The first kappa shape index (κ1) is 15.7. The van der Waals surface area contributed by atoms with Crippen LogP contribution in [0.15, 0.2) is 0 Å². The summed E-state index contributed by atoms with van der Waals surface area (Å²) in [5.41, 5.74) is 0. The van der Waals surface area contributed by atoms with E-state index in [1.165, 1.54) is 56.6 Å². The van der Waals surface area contributed by atoms with E-state index in [9.17, 15) is 0 Å². The monoisotopic (exact) mass is 255 g/mol. The zero-order valence-corrected chi connectivity index (χ0v) is 13.9. The van der Waals surface area contributed by atoms with Crippen molar-refractivity contribution in [1.82, 2.24) is 0 Å². The Balaban J connectivity index is 3.53. The van der Waals surface area contributed by atoms with Gasteiger partial charge in [-0.05, 0) is 0 Å². The van der Waals surface area contributed by atoms with Gasteiger partial charge in [0.2, 0.25) is 0 Å². The molecule has 0 heterocycles. The molecule has 0 fully saturated rings. The van der Waals surface area contributed by atoms with Gasteiger partial charge in [0.15, 0.2) is 0 Å². The highest BCUT2D eigenvalue weighted by Crippen LogP contribution is 2.06. The average molecular weight is 256 g/mol. The third-order valence-electron chi connectivity index (χ3n) is 2.52. The molecule has 87 valence electrons. The molecule has 0 aromatic heterocycles. The van der Waals surface area contributed by atoms with Gasteiger partial charge in [0, 0.05) is 25.9 Å². The number of hydrogen-bond donors (Lipinski definition) is 0. The Hall–Kier alpha value is 0.651. The Morgan fingerprint density at radius 2 is 1.20 bits per heavy atom. The van der Waals surface area contributed by atoms with Gasteiger partial charge in [-0.25, -0.2) is 0 Å².